The van der Waals surface area contributed by atoms with Gasteiger partial charge in [0.15, 0.2) is 5.65 Å². The Labute approximate surface area is 146 Å². The van der Waals surface area contributed by atoms with Crippen LogP contribution in [0.4, 0.5) is 0 Å². The molecule has 4 heterocycles. The fraction of sp³-hybridized carbons (Fsp3) is 0.529. The van der Waals surface area contributed by atoms with Crippen molar-refractivity contribution in [3.63, 3.8) is 0 Å². The van der Waals surface area contributed by atoms with E-state index in [0.29, 0.717) is 18.7 Å². The smallest absolute Gasteiger partial charge is 0.155 e. The van der Waals surface area contributed by atoms with Crippen molar-refractivity contribution in [3.8, 4) is 0 Å². The summed E-state index contributed by atoms with van der Waals surface area (Å²) < 4.78 is 3.83. The van der Waals surface area contributed by atoms with Crippen LogP contribution in [-0.4, -0.2) is 52.5 Å². The summed E-state index contributed by atoms with van der Waals surface area (Å²) in [6.07, 6.45) is 10.8. The minimum atomic E-state index is -0.951. The zero-order chi connectivity index (χ0) is 17.4. The van der Waals surface area contributed by atoms with Gasteiger partial charge in [0, 0.05) is 31.5 Å². The van der Waals surface area contributed by atoms with Crippen molar-refractivity contribution in [2.24, 2.45) is 0 Å². The first-order chi connectivity index (χ1) is 12.0. The largest absolute Gasteiger partial charge is 0.382 e. The van der Waals surface area contributed by atoms with Crippen LogP contribution >= 0.6 is 0 Å². The average Bonchev–Trinajstić information content (AvgIpc) is 3.23. The van der Waals surface area contributed by atoms with Crippen LogP contribution < -0.4 is 0 Å². The minimum absolute atomic E-state index is 0.233. The Morgan fingerprint density at radius 2 is 2.20 bits per heavy atom. The van der Waals surface area contributed by atoms with Gasteiger partial charge in [-0.1, -0.05) is 5.21 Å². The first kappa shape index (κ1) is 16.2. The van der Waals surface area contributed by atoms with E-state index in [1.807, 2.05) is 23.0 Å². The van der Waals surface area contributed by atoms with E-state index in [4.69, 9.17) is 0 Å². The summed E-state index contributed by atoms with van der Waals surface area (Å²) in [5.41, 5.74) is 1.64. The second-order valence-corrected chi connectivity index (χ2v) is 7.08. The molecule has 0 amide bonds. The molecule has 25 heavy (non-hydrogen) atoms. The molecule has 132 valence electrons. The first-order valence-electron chi connectivity index (χ1n) is 8.68. The molecule has 1 saturated heterocycles. The normalized spacial score (nSPS) is 22.1. The summed E-state index contributed by atoms with van der Waals surface area (Å²) in [5, 5.41) is 19.5. The fourth-order valence-electron chi connectivity index (χ4n) is 3.45. The Balaban J connectivity index is 1.54. The van der Waals surface area contributed by atoms with Crippen LogP contribution in [0.1, 0.15) is 44.1 Å². The molecule has 3 aromatic heterocycles. The zero-order valence-electron chi connectivity index (χ0n) is 14.6. The molecule has 4 rings (SSSR count). The second kappa shape index (κ2) is 6.20. The van der Waals surface area contributed by atoms with Gasteiger partial charge in [-0.2, -0.15) is 0 Å². The van der Waals surface area contributed by atoms with E-state index in [2.05, 4.69) is 39.0 Å². The van der Waals surface area contributed by atoms with Crippen LogP contribution in [0.5, 0.6) is 0 Å². The second-order valence-electron chi connectivity index (χ2n) is 7.08. The van der Waals surface area contributed by atoms with E-state index in [0.717, 1.165) is 30.9 Å². The molecule has 1 aliphatic rings. The molecule has 0 saturated carbocycles. The van der Waals surface area contributed by atoms with Crippen molar-refractivity contribution in [3.05, 3.63) is 42.4 Å². The number of β-amino-alcohol motifs (C(OH)–C–C–N with tert-alkyl or cyclic N) is 1. The lowest BCUT2D eigenvalue weighted by Gasteiger charge is -2.37. The van der Waals surface area contributed by atoms with Crippen molar-refractivity contribution in [1.29, 1.82) is 0 Å². The molecule has 1 unspecified atom stereocenters. The summed E-state index contributed by atoms with van der Waals surface area (Å²) in [6.45, 7) is 6.32. The predicted molar refractivity (Wildman–Crippen MR) is 91.8 cm³/mol. The van der Waals surface area contributed by atoms with Gasteiger partial charge in [0.05, 0.1) is 24.3 Å². The molecule has 1 fully saturated rings. The van der Waals surface area contributed by atoms with Gasteiger partial charge >= 0.3 is 0 Å². The lowest BCUT2D eigenvalue weighted by molar-refractivity contribution is -0.0418. The Hall–Kier alpha value is -2.32. The maximum Gasteiger partial charge on any atom is 0.155 e. The molecule has 0 aromatic carbocycles. The lowest BCUT2D eigenvalue weighted by atomic mass is 9.90. The van der Waals surface area contributed by atoms with Crippen LogP contribution in [0, 0.1) is 0 Å². The third kappa shape index (κ3) is 3.03. The molecule has 0 bridgehead atoms. The van der Waals surface area contributed by atoms with Gasteiger partial charge in [-0.25, -0.2) is 9.67 Å². The van der Waals surface area contributed by atoms with Crippen molar-refractivity contribution in [2.75, 3.05) is 13.1 Å². The first-order valence-corrected chi connectivity index (χ1v) is 8.68. The van der Waals surface area contributed by atoms with Crippen molar-refractivity contribution in [1.82, 2.24) is 34.3 Å². The van der Waals surface area contributed by atoms with Crippen LogP contribution in [0.2, 0.25) is 0 Å². The average molecular weight is 341 g/mol. The number of hydrogen-bond acceptors (Lipinski definition) is 6. The quantitative estimate of drug-likeness (QED) is 0.772. The molecule has 3 aromatic rings. The molecule has 1 atom stereocenters. The standard InChI is InChI=1S/C17H23N7O/c1-13(2)24-11-15(20-21-24)17(25)4-3-6-22(12-17)10-14-8-19-16-9-18-5-7-23(14)16/h5,7-9,11,13,25H,3-4,6,10,12H2,1-2H3. The van der Waals surface area contributed by atoms with Gasteiger partial charge in [-0.05, 0) is 33.2 Å². The fourth-order valence-corrected chi connectivity index (χ4v) is 3.45. The number of likely N-dealkylation sites (tertiary alicyclic amines) is 1. The SMILES string of the molecule is CC(C)n1cc(C2(O)CCCN(Cc3cnc4cnccn34)C2)nn1. The number of nitrogens with zero attached hydrogens (tertiary/aromatic N) is 7. The van der Waals surface area contributed by atoms with Gasteiger partial charge in [0.2, 0.25) is 0 Å². The van der Waals surface area contributed by atoms with Crippen molar-refractivity contribution < 1.29 is 5.11 Å². The Morgan fingerprint density at radius 3 is 3.00 bits per heavy atom. The summed E-state index contributed by atoms with van der Waals surface area (Å²) in [7, 11) is 0. The van der Waals surface area contributed by atoms with E-state index in [9.17, 15) is 5.11 Å². The van der Waals surface area contributed by atoms with E-state index in [1.54, 1.807) is 17.1 Å². The molecular formula is C17H23N7O. The van der Waals surface area contributed by atoms with Gasteiger partial charge in [0.25, 0.3) is 0 Å². The highest BCUT2D eigenvalue weighted by atomic mass is 16.3. The van der Waals surface area contributed by atoms with Crippen molar-refractivity contribution >= 4 is 5.65 Å². The molecule has 0 aliphatic carbocycles. The molecular weight excluding hydrogens is 318 g/mol. The summed E-state index contributed by atoms with van der Waals surface area (Å²) in [4.78, 5) is 10.7. The van der Waals surface area contributed by atoms with Crippen LogP contribution in [0.25, 0.3) is 5.65 Å². The number of aliphatic hydroxyl groups is 1. The molecule has 1 aliphatic heterocycles. The minimum Gasteiger partial charge on any atom is -0.382 e. The van der Waals surface area contributed by atoms with Gasteiger partial charge in [0.1, 0.15) is 11.3 Å². The van der Waals surface area contributed by atoms with E-state index < -0.39 is 5.60 Å². The molecule has 8 nitrogen and oxygen atoms in total. The third-order valence-corrected chi connectivity index (χ3v) is 4.85. The van der Waals surface area contributed by atoms with E-state index in [1.165, 1.54) is 0 Å². The molecule has 1 N–H and O–H groups in total. The van der Waals surface area contributed by atoms with Gasteiger partial charge in [-0.3, -0.25) is 14.3 Å². The Morgan fingerprint density at radius 1 is 1.32 bits per heavy atom. The van der Waals surface area contributed by atoms with E-state index >= 15 is 0 Å². The third-order valence-electron chi connectivity index (χ3n) is 4.85. The highest BCUT2D eigenvalue weighted by Gasteiger charge is 2.37. The number of hydrogen-bond donors (Lipinski definition) is 1. The summed E-state index contributed by atoms with van der Waals surface area (Å²) in [6, 6.07) is 0.233. The van der Waals surface area contributed by atoms with E-state index in [-0.39, 0.29) is 6.04 Å². The van der Waals surface area contributed by atoms with Crippen LogP contribution in [0.15, 0.2) is 31.0 Å². The van der Waals surface area contributed by atoms with Gasteiger partial charge in [-0.15, -0.1) is 5.10 Å². The number of piperidine rings is 1. The highest BCUT2D eigenvalue weighted by Crippen LogP contribution is 2.31. The number of rotatable bonds is 4. The number of aromatic nitrogens is 6. The lowest BCUT2D eigenvalue weighted by Crippen LogP contribution is -2.46. The van der Waals surface area contributed by atoms with Crippen LogP contribution in [-0.2, 0) is 12.1 Å². The topological polar surface area (TPSA) is 84.4 Å². The number of imidazole rings is 1. The Bertz CT molecular complexity index is 871. The summed E-state index contributed by atoms with van der Waals surface area (Å²) >= 11 is 0. The highest BCUT2D eigenvalue weighted by molar-refractivity contribution is 5.36. The number of fused-ring (bicyclic) bond motifs is 1. The molecule has 0 radical (unpaired) electrons. The molecule has 0 spiro atoms. The van der Waals surface area contributed by atoms with Gasteiger partial charge < -0.3 is 5.11 Å². The monoisotopic (exact) mass is 341 g/mol. The predicted octanol–water partition coefficient (Wildman–Crippen LogP) is 1.39. The maximum atomic E-state index is 11.2. The van der Waals surface area contributed by atoms with Crippen LogP contribution in [0.3, 0.4) is 0 Å². The zero-order valence-corrected chi connectivity index (χ0v) is 14.6. The Kier molecular flexibility index (Phi) is 4.01. The van der Waals surface area contributed by atoms with Crippen molar-refractivity contribution in [2.45, 2.75) is 44.9 Å². The maximum absolute atomic E-state index is 11.2. The summed E-state index contributed by atoms with van der Waals surface area (Å²) in [5.74, 6) is 0. The molecule has 8 heteroatoms.